The molecule has 2 heterocycles. The van der Waals surface area contributed by atoms with E-state index in [1.807, 2.05) is 11.5 Å². The van der Waals surface area contributed by atoms with Crippen molar-refractivity contribution in [3.05, 3.63) is 6.33 Å². The maximum Gasteiger partial charge on any atom is 0.298 e. The largest absolute Gasteiger partial charge is 0.465 e. The van der Waals surface area contributed by atoms with Gasteiger partial charge in [-0.25, -0.2) is 9.97 Å². The maximum atomic E-state index is 5.83. The molecular formula is C12H17N5O. The predicted molar refractivity (Wildman–Crippen MR) is 68.2 cm³/mol. The van der Waals surface area contributed by atoms with Crippen LogP contribution in [0.5, 0.6) is 6.01 Å². The minimum Gasteiger partial charge on any atom is -0.465 e. The highest BCUT2D eigenvalue weighted by Crippen LogP contribution is 2.31. The van der Waals surface area contributed by atoms with Crippen molar-refractivity contribution in [2.45, 2.75) is 32.7 Å². The van der Waals surface area contributed by atoms with Gasteiger partial charge in [0.1, 0.15) is 6.33 Å². The summed E-state index contributed by atoms with van der Waals surface area (Å²) in [4.78, 5) is 12.7. The van der Waals surface area contributed by atoms with Crippen molar-refractivity contribution in [3.63, 3.8) is 0 Å². The third-order valence-corrected chi connectivity index (χ3v) is 3.46. The molecule has 6 nitrogen and oxygen atoms in total. The van der Waals surface area contributed by atoms with E-state index in [1.54, 1.807) is 0 Å². The van der Waals surface area contributed by atoms with E-state index in [1.165, 1.54) is 25.6 Å². The van der Waals surface area contributed by atoms with E-state index in [4.69, 9.17) is 10.5 Å². The number of nitrogens with two attached hydrogens (primary N) is 1. The van der Waals surface area contributed by atoms with Crippen LogP contribution in [-0.2, 0) is 6.54 Å². The normalized spacial score (nSPS) is 15.8. The Morgan fingerprint density at radius 2 is 2.28 bits per heavy atom. The maximum absolute atomic E-state index is 5.83. The Morgan fingerprint density at radius 3 is 2.94 bits per heavy atom. The Balaban J connectivity index is 2.05. The summed E-state index contributed by atoms with van der Waals surface area (Å²) in [6.45, 7) is 3.44. The molecule has 1 aliphatic carbocycles. The Hall–Kier alpha value is -1.85. The van der Waals surface area contributed by atoms with Crippen LogP contribution >= 0.6 is 0 Å². The van der Waals surface area contributed by atoms with E-state index in [0.29, 0.717) is 29.9 Å². The molecule has 0 atom stereocenters. The third-order valence-electron chi connectivity index (χ3n) is 3.46. The van der Waals surface area contributed by atoms with Gasteiger partial charge in [0, 0.05) is 6.54 Å². The van der Waals surface area contributed by atoms with Gasteiger partial charge in [-0.3, -0.25) is 4.57 Å². The molecule has 0 saturated heterocycles. The van der Waals surface area contributed by atoms with Crippen LogP contribution in [0.25, 0.3) is 11.2 Å². The first-order valence-corrected chi connectivity index (χ1v) is 6.39. The number of imidazole rings is 1. The van der Waals surface area contributed by atoms with Crippen LogP contribution in [0.4, 0.5) is 5.82 Å². The number of fused-ring (bicyclic) bond motifs is 1. The number of anilines is 1. The van der Waals surface area contributed by atoms with E-state index in [0.717, 1.165) is 12.2 Å². The minimum absolute atomic E-state index is 0.410. The zero-order valence-electron chi connectivity index (χ0n) is 10.5. The smallest absolute Gasteiger partial charge is 0.298 e. The molecule has 1 saturated carbocycles. The molecule has 6 heteroatoms. The summed E-state index contributed by atoms with van der Waals surface area (Å²) in [5.74, 6) is 1.12. The van der Waals surface area contributed by atoms with E-state index < -0.39 is 0 Å². The average molecular weight is 247 g/mol. The number of rotatable bonds is 4. The van der Waals surface area contributed by atoms with Gasteiger partial charge < -0.3 is 10.5 Å². The molecule has 0 radical (unpaired) electrons. The van der Waals surface area contributed by atoms with Gasteiger partial charge in [0.15, 0.2) is 17.0 Å². The van der Waals surface area contributed by atoms with E-state index in [9.17, 15) is 0 Å². The molecule has 0 aromatic carbocycles. The molecule has 0 aliphatic heterocycles. The topological polar surface area (TPSA) is 78.8 Å². The van der Waals surface area contributed by atoms with Crippen molar-refractivity contribution in [2.75, 3.05) is 12.3 Å². The molecule has 1 aliphatic rings. The van der Waals surface area contributed by atoms with E-state index >= 15 is 0 Å². The van der Waals surface area contributed by atoms with Crippen LogP contribution in [-0.4, -0.2) is 26.1 Å². The van der Waals surface area contributed by atoms with E-state index in [-0.39, 0.29) is 0 Å². The number of hydrogen-bond acceptors (Lipinski definition) is 5. The van der Waals surface area contributed by atoms with Gasteiger partial charge in [-0.05, 0) is 25.7 Å². The fraction of sp³-hybridized carbons (Fsp3) is 0.583. The first-order chi connectivity index (χ1) is 8.79. The molecule has 1 fully saturated rings. The second-order valence-corrected chi connectivity index (χ2v) is 4.67. The van der Waals surface area contributed by atoms with Crippen LogP contribution in [0.15, 0.2) is 6.33 Å². The van der Waals surface area contributed by atoms with Crippen LogP contribution in [0.1, 0.15) is 26.2 Å². The van der Waals surface area contributed by atoms with Crippen molar-refractivity contribution >= 4 is 17.0 Å². The fourth-order valence-corrected chi connectivity index (χ4v) is 2.27. The standard InChI is InChI=1S/C12H17N5O/c1-2-18-12-16-9-10(13)14-7-15-11(9)17(12)6-8-4-3-5-8/h7-8H,2-6H2,1H3,(H2,13,14,15). The Morgan fingerprint density at radius 1 is 1.44 bits per heavy atom. The first kappa shape index (κ1) is 11.3. The Labute approximate surface area is 105 Å². The summed E-state index contributed by atoms with van der Waals surface area (Å²) in [5, 5.41) is 0. The number of nitrogen functional groups attached to an aromatic ring is 1. The second kappa shape index (κ2) is 4.44. The molecule has 0 spiro atoms. The predicted octanol–water partition coefficient (Wildman–Crippen LogP) is 1.61. The molecule has 0 unspecified atom stereocenters. The highest BCUT2D eigenvalue weighted by molar-refractivity contribution is 5.82. The van der Waals surface area contributed by atoms with Gasteiger partial charge in [0.2, 0.25) is 0 Å². The lowest BCUT2D eigenvalue weighted by molar-refractivity contribution is 0.246. The molecule has 96 valence electrons. The number of aromatic nitrogens is 4. The van der Waals surface area contributed by atoms with Gasteiger partial charge in [-0.2, -0.15) is 4.98 Å². The molecule has 2 aromatic heterocycles. The SMILES string of the molecule is CCOc1nc2c(N)ncnc2n1CC1CCC1. The lowest BCUT2D eigenvalue weighted by Gasteiger charge is -2.26. The second-order valence-electron chi connectivity index (χ2n) is 4.67. The van der Waals surface area contributed by atoms with Crippen LogP contribution in [0, 0.1) is 5.92 Å². The summed E-state index contributed by atoms with van der Waals surface area (Å²) in [6.07, 6.45) is 5.34. The third kappa shape index (κ3) is 1.77. The Kier molecular flexibility index (Phi) is 2.77. The number of ether oxygens (including phenoxy) is 1. The summed E-state index contributed by atoms with van der Waals surface area (Å²) in [7, 11) is 0. The highest BCUT2D eigenvalue weighted by atomic mass is 16.5. The zero-order chi connectivity index (χ0) is 12.5. The van der Waals surface area contributed by atoms with Gasteiger partial charge in [0.25, 0.3) is 6.01 Å². The molecule has 2 N–H and O–H groups in total. The van der Waals surface area contributed by atoms with Gasteiger partial charge >= 0.3 is 0 Å². The molecule has 0 bridgehead atoms. The van der Waals surface area contributed by atoms with Crippen LogP contribution in [0.2, 0.25) is 0 Å². The fourth-order valence-electron chi connectivity index (χ4n) is 2.27. The first-order valence-electron chi connectivity index (χ1n) is 6.39. The van der Waals surface area contributed by atoms with Crippen molar-refractivity contribution in [1.29, 1.82) is 0 Å². The summed E-state index contributed by atoms with van der Waals surface area (Å²) in [5.41, 5.74) is 7.24. The number of hydrogen-bond donors (Lipinski definition) is 1. The van der Waals surface area contributed by atoms with Crippen molar-refractivity contribution < 1.29 is 4.74 Å². The molecule has 2 aromatic rings. The van der Waals surface area contributed by atoms with Gasteiger partial charge in [-0.15, -0.1) is 0 Å². The quantitative estimate of drug-likeness (QED) is 0.887. The zero-order valence-corrected chi connectivity index (χ0v) is 10.5. The molecule has 3 rings (SSSR count). The van der Waals surface area contributed by atoms with Gasteiger partial charge in [-0.1, -0.05) is 6.42 Å². The molecule has 0 amide bonds. The van der Waals surface area contributed by atoms with E-state index in [2.05, 4.69) is 15.0 Å². The summed E-state index contributed by atoms with van der Waals surface area (Å²) < 4.78 is 7.60. The van der Waals surface area contributed by atoms with Crippen molar-refractivity contribution in [3.8, 4) is 6.01 Å². The minimum atomic E-state index is 0.410. The van der Waals surface area contributed by atoms with Gasteiger partial charge in [0.05, 0.1) is 6.61 Å². The average Bonchev–Trinajstić information content (AvgIpc) is 2.64. The van der Waals surface area contributed by atoms with Crippen LogP contribution < -0.4 is 10.5 Å². The summed E-state index contributed by atoms with van der Waals surface area (Å²) in [6, 6.07) is 0.603. The lowest BCUT2D eigenvalue weighted by atomic mass is 9.85. The van der Waals surface area contributed by atoms with Crippen LogP contribution in [0.3, 0.4) is 0 Å². The highest BCUT2D eigenvalue weighted by Gasteiger charge is 2.23. The lowest BCUT2D eigenvalue weighted by Crippen LogP contribution is -2.19. The number of nitrogens with zero attached hydrogens (tertiary/aromatic N) is 4. The monoisotopic (exact) mass is 247 g/mol. The van der Waals surface area contributed by atoms with Crippen molar-refractivity contribution in [1.82, 2.24) is 19.5 Å². The Bertz CT molecular complexity index is 561. The summed E-state index contributed by atoms with van der Waals surface area (Å²) >= 11 is 0. The van der Waals surface area contributed by atoms with Crippen molar-refractivity contribution in [2.24, 2.45) is 5.92 Å². The molecular weight excluding hydrogens is 230 g/mol. The molecule has 18 heavy (non-hydrogen) atoms.